The third-order valence-electron chi connectivity index (χ3n) is 5.85. The van der Waals surface area contributed by atoms with Gasteiger partial charge in [-0.3, -0.25) is 9.59 Å². The molecule has 0 bridgehead atoms. The minimum atomic E-state index is -4.31. The minimum Gasteiger partial charge on any atom is -0.497 e. The Hall–Kier alpha value is -4.45. The number of carbonyl (C=O) groups is 3. The largest absolute Gasteiger partial charge is 0.515 e. The van der Waals surface area contributed by atoms with E-state index in [1.165, 1.54) is 36.4 Å². The van der Waals surface area contributed by atoms with Gasteiger partial charge in [-0.05, 0) is 61.2 Å². The fourth-order valence-corrected chi connectivity index (χ4v) is 4.55. The molecule has 2 N–H and O–H groups in total. The number of nitrogens with one attached hydrogen (secondary N) is 2. The zero-order chi connectivity index (χ0) is 29.1. The number of aromatic nitrogens is 1. The van der Waals surface area contributed by atoms with Crippen LogP contribution in [0.2, 0.25) is 0 Å². The van der Waals surface area contributed by atoms with Crippen LogP contribution in [0.4, 0.5) is 4.79 Å². The number of pyridine rings is 1. The van der Waals surface area contributed by atoms with E-state index in [1.807, 2.05) is 42.8 Å². The quantitative estimate of drug-likeness (QED) is 0.310. The average molecular weight is 570 g/mol. The molecule has 3 aromatic rings. The summed E-state index contributed by atoms with van der Waals surface area (Å²) in [4.78, 5) is 40.6. The molecule has 212 valence electrons. The highest BCUT2D eigenvalue weighted by Gasteiger charge is 2.21. The number of ether oxygens (including phenoxy) is 3. The maximum absolute atomic E-state index is 12.8. The molecule has 0 atom stereocenters. The molecule has 0 aliphatic rings. The summed E-state index contributed by atoms with van der Waals surface area (Å²) in [6.45, 7) is 4.08. The standard InChI is InChI=1S/C28H31N3O8S/c1-4-22(5-2)38-28(34)39-25-14-11-21(18-30-25)27(33)31-40(35,36)24-8-6-7-20(17-24)26(32)29-16-15-19-9-12-23(37-3)13-10-19/h6-14,17-18,22H,4-5,15-16H2,1-3H3,(H,29,32)(H,31,33). The van der Waals surface area contributed by atoms with E-state index in [4.69, 9.17) is 14.2 Å². The molecular formula is C28H31N3O8S. The van der Waals surface area contributed by atoms with Crippen molar-refractivity contribution in [3.8, 4) is 11.6 Å². The number of sulfonamides is 1. The Kier molecular flexibility index (Phi) is 10.6. The van der Waals surface area contributed by atoms with Crippen molar-refractivity contribution in [2.45, 2.75) is 44.1 Å². The summed E-state index contributed by atoms with van der Waals surface area (Å²) in [5, 5.41) is 2.75. The molecule has 3 rings (SSSR count). The van der Waals surface area contributed by atoms with Crippen LogP contribution < -0.4 is 19.5 Å². The first-order valence-electron chi connectivity index (χ1n) is 12.6. The number of benzene rings is 2. The Morgan fingerprint density at radius 1 is 0.925 bits per heavy atom. The smallest absolute Gasteiger partial charge is 0.497 e. The van der Waals surface area contributed by atoms with E-state index in [2.05, 4.69) is 10.3 Å². The fraction of sp³-hybridized carbons (Fsp3) is 0.286. The number of hydrogen-bond donors (Lipinski definition) is 2. The van der Waals surface area contributed by atoms with Crippen molar-refractivity contribution in [3.63, 3.8) is 0 Å². The predicted molar refractivity (Wildman–Crippen MR) is 146 cm³/mol. The van der Waals surface area contributed by atoms with E-state index in [9.17, 15) is 22.8 Å². The van der Waals surface area contributed by atoms with Crippen molar-refractivity contribution in [3.05, 3.63) is 83.6 Å². The van der Waals surface area contributed by atoms with E-state index >= 15 is 0 Å². The van der Waals surface area contributed by atoms with E-state index in [1.54, 1.807) is 7.11 Å². The molecular weight excluding hydrogens is 538 g/mol. The lowest BCUT2D eigenvalue weighted by atomic mass is 10.1. The molecule has 0 radical (unpaired) electrons. The Morgan fingerprint density at radius 2 is 1.65 bits per heavy atom. The lowest BCUT2D eigenvalue weighted by Crippen LogP contribution is -2.31. The van der Waals surface area contributed by atoms with Crippen molar-refractivity contribution in [2.75, 3.05) is 13.7 Å². The number of hydrogen-bond acceptors (Lipinski definition) is 9. The lowest BCUT2D eigenvalue weighted by Gasteiger charge is -2.13. The molecule has 0 aliphatic carbocycles. The predicted octanol–water partition coefficient (Wildman–Crippen LogP) is 3.89. The number of amides is 2. The third-order valence-corrected chi connectivity index (χ3v) is 7.18. The van der Waals surface area contributed by atoms with Gasteiger partial charge < -0.3 is 19.5 Å². The highest BCUT2D eigenvalue weighted by molar-refractivity contribution is 7.90. The van der Waals surface area contributed by atoms with Crippen molar-refractivity contribution in [1.29, 1.82) is 0 Å². The molecule has 1 aromatic heterocycles. The van der Waals surface area contributed by atoms with Crippen molar-refractivity contribution in [1.82, 2.24) is 15.0 Å². The molecule has 2 amide bonds. The Morgan fingerprint density at radius 3 is 2.27 bits per heavy atom. The van der Waals surface area contributed by atoms with Crippen LogP contribution in [0.1, 0.15) is 53.0 Å². The number of carbonyl (C=O) groups excluding carboxylic acids is 3. The molecule has 1 heterocycles. The molecule has 0 spiro atoms. The van der Waals surface area contributed by atoms with Crippen LogP contribution in [-0.4, -0.2) is 51.1 Å². The van der Waals surface area contributed by atoms with Gasteiger partial charge in [-0.25, -0.2) is 22.9 Å². The van der Waals surface area contributed by atoms with Crippen molar-refractivity contribution >= 4 is 28.0 Å². The number of nitrogens with zero attached hydrogens (tertiary/aromatic N) is 1. The molecule has 0 saturated carbocycles. The van der Waals surface area contributed by atoms with Crippen LogP contribution in [0.25, 0.3) is 0 Å². The Balaban J connectivity index is 1.57. The van der Waals surface area contributed by atoms with E-state index in [0.717, 1.165) is 17.5 Å². The maximum atomic E-state index is 12.8. The van der Waals surface area contributed by atoms with Crippen LogP contribution >= 0.6 is 0 Å². The first-order chi connectivity index (χ1) is 19.1. The van der Waals surface area contributed by atoms with Gasteiger partial charge >= 0.3 is 6.16 Å². The summed E-state index contributed by atoms with van der Waals surface area (Å²) in [7, 11) is -2.73. The van der Waals surface area contributed by atoms with Gasteiger partial charge in [0.05, 0.1) is 17.6 Å². The molecule has 0 fully saturated rings. The lowest BCUT2D eigenvalue weighted by molar-refractivity contribution is 0.0538. The zero-order valence-corrected chi connectivity index (χ0v) is 23.2. The maximum Gasteiger partial charge on any atom is 0.515 e. The molecule has 0 aliphatic heterocycles. The number of methoxy groups -OCH3 is 1. The molecule has 0 unspecified atom stereocenters. The van der Waals surface area contributed by atoms with Gasteiger partial charge in [0, 0.05) is 24.4 Å². The molecule has 11 nitrogen and oxygen atoms in total. The molecule has 12 heteroatoms. The van der Waals surface area contributed by atoms with Gasteiger partial charge in [0.1, 0.15) is 11.9 Å². The second kappa shape index (κ2) is 14.1. The molecule has 0 saturated heterocycles. The second-order valence-corrected chi connectivity index (χ2v) is 10.3. The van der Waals surface area contributed by atoms with Crippen molar-refractivity contribution < 1.29 is 37.0 Å². The number of rotatable bonds is 12. The van der Waals surface area contributed by atoms with Crippen LogP contribution in [0.5, 0.6) is 11.6 Å². The van der Waals surface area contributed by atoms with Crippen LogP contribution in [-0.2, 0) is 21.2 Å². The van der Waals surface area contributed by atoms with Crippen LogP contribution in [0, 0.1) is 0 Å². The normalized spacial score (nSPS) is 11.0. The first kappa shape index (κ1) is 30.1. The summed E-state index contributed by atoms with van der Waals surface area (Å²) >= 11 is 0. The summed E-state index contributed by atoms with van der Waals surface area (Å²) in [5.74, 6) is -0.789. The van der Waals surface area contributed by atoms with E-state index < -0.39 is 28.0 Å². The summed E-state index contributed by atoms with van der Waals surface area (Å²) in [6, 6.07) is 15.3. The van der Waals surface area contributed by atoms with Gasteiger partial charge in [-0.15, -0.1) is 0 Å². The summed E-state index contributed by atoms with van der Waals surface area (Å²) in [5.41, 5.74) is 1.03. The molecule has 2 aromatic carbocycles. The Labute approximate surface area is 232 Å². The zero-order valence-electron chi connectivity index (χ0n) is 22.4. The third kappa shape index (κ3) is 8.53. The fourth-order valence-electron chi connectivity index (χ4n) is 3.53. The summed E-state index contributed by atoms with van der Waals surface area (Å²) in [6.07, 6.45) is 1.69. The average Bonchev–Trinajstić information content (AvgIpc) is 2.96. The van der Waals surface area contributed by atoms with Crippen LogP contribution in [0.15, 0.2) is 71.8 Å². The minimum absolute atomic E-state index is 0.0864. The molecule has 40 heavy (non-hydrogen) atoms. The highest BCUT2D eigenvalue weighted by Crippen LogP contribution is 2.15. The van der Waals surface area contributed by atoms with Gasteiger partial charge in [0.2, 0.25) is 5.88 Å². The van der Waals surface area contributed by atoms with E-state index in [0.29, 0.717) is 25.8 Å². The second-order valence-electron chi connectivity index (χ2n) is 8.61. The van der Waals surface area contributed by atoms with Gasteiger partial charge in [0.15, 0.2) is 0 Å². The Bertz CT molecular complexity index is 1420. The van der Waals surface area contributed by atoms with Gasteiger partial charge in [-0.1, -0.05) is 32.0 Å². The SMILES string of the molecule is CCC(CC)OC(=O)Oc1ccc(C(=O)NS(=O)(=O)c2cccc(C(=O)NCCc3ccc(OC)cc3)c2)cn1. The monoisotopic (exact) mass is 569 g/mol. The van der Waals surface area contributed by atoms with E-state index in [-0.39, 0.29) is 28.0 Å². The highest BCUT2D eigenvalue weighted by atomic mass is 32.2. The van der Waals surface area contributed by atoms with Gasteiger partial charge in [0.25, 0.3) is 21.8 Å². The van der Waals surface area contributed by atoms with Crippen molar-refractivity contribution in [2.24, 2.45) is 0 Å². The first-order valence-corrected chi connectivity index (χ1v) is 14.1. The van der Waals surface area contributed by atoms with Gasteiger partial charge in [-0.2, -0.15) is 0 Å². The summed E-state index contributed by atoms with van der Waals surface area (Å²) < 4.78 is 42.9. The van der Waals surface area contributed by atoms with Crippen LogP contribution in [0.3, 0.4) is 0 Å². The topological polar surface area (TPSA) is 150 Å².